The molecule has 1 aliphatic rings. The third-order valence-electron chi connectivity index (χ3n) is 5.52. The highest BCUT2D eigenvalue weighted by Crippen LogP contribution is 2.22. The van der Waals surface area contributed by atoms with Gasteiger partial charge in [-0.2, -0.15) is 9.40 Å². The fourth-order valence-electron chi connectivity index (χ4n) is 3.76. The Morgan fingerprint density at radius 3 is 2.28 bits per heavy atom. The van der Waals surface area contributed by atoms with Crippen LogP contribution in [0.1, 0.15) is 5.82 Å². The highest BCUT2D eigenvalue weighted by molar-refractivity contribution is 7.89. The molecule has 164 valence electrons. The minimum Gasteiger partial charge on any atom is -0.354 e. The summed E-state index contributed by atoms with van der Waals surface area (Å²) < 4.78 is 31.3. The number of sulfonamides is 1. The smallest absolute Gasteiger partial charge is 0.243 e. The Morgan fingerprint density at radius 2 is 1.62 bits per heavy atom. The molecule has 4 heterocycles. The van der Waals surface area contributed by atoms with E-state index in [-0.39, 0.29) is 4.90 Å². The normalized spacial score (nSPS) is 15.2. The molecule has 1 aliphatic heterocycles. The molecule has 3 aromatic heterocycles. The molecule has 0 bridgehead atoms. The second-order valence-corrected chi connectivity index (χ2v) is 9.35. The first-order valence-electron chi connectivity index (χ1n) is 10.2. The minimum atomic E-state index is -3.57. The maximum Gasteiger partial charge on any atom is 0.243 e. The number of nitrogens with zero attached hydrogens (tertiary/aromatic N) is 8. The summed E-state index contributed by atoms with van der Waals surface area (Å²) in [6, 6.07) is 10.5. The number of benzene rings is 1. The quantitative estimate of drug-likeness (QED) is 0.456. The minimum absolute atomic E-state index is 0.279. The Labute approximate surface area is 185 Å². The summed E-state index contributed by atoms with van der Waals surface area (Å²) in [6.07, 6.45) is 8.59. The fraction of sp³-hybridized carbons (Fsp3) is 0.238. The standard InChI is InChI=1S/C21H22N8O2S/c1-17-22-8-10-28(17)21-15-20(23-16-24-21)26-11-13-27(14-12-26)32(30,31)19-5-3-18(4-6-19)29-9-2-7-25-29/h2-10,15-16H,11-14H2,1H3. The van der Waals surface area contributed by atoms with E-state index in [4.69, 9.17) is 0 Å². The zero-order valence-corrected chi connectivity index (χ0v) is 18.3. The van der Waals surface area contributed by atoms with Crippen LogP contribution in [-0.4, -0.2) is 68.2 Å². The molecule has 1 aromatic carbocycles. The second-order valence-electron chi connectivity index (χ2n) is 7.41. The summed E-state index contributed by atoms with van der Waals surface area (Å²) in [4.78, 5) is 15.3. The van der Waals surface area contributed by atoms with Gasteiger partial charge in [0, 0.05) is 57.0 Å². The maximum absolute atomic E-state index is 13.1. The van der Waals surface area contributed by atoms with Crippen LogP contribution in [0.3, 0.4) is 0 Å². The number of hydrogen-bond donors (Lipinski definition) is 0. The van der Waals surface area contributed by atoms with Crippen molar-refractivity contribution in [1.29, 1.82) is 0 Å². The molecule has 1 saturated heterocycles. The first-order chi connectivity index (χ1) is 15.5. The highest BCUT2D eigenvalue weighted by atomic mass is 32.2. The lowest BCUT2D eigenvalue weighted by Gasteiger charge is -2.34. The number of imidazole rings is 1. The summed E-state index contributed by atoms with van der Waals surface area (Å²) in [7, 11) is -3.57. The summed E-state index contributed by atoms with van der Waals surface area (Å²) in [5.41, 5.74) is 0.812. The molecule has 0 atom stereocenters. The lowest BCUT2D eigenvalue weighted by atomic mass is 10.3. The van der Waals surface area contributed by atoms with Gasteiger partial charge in [0.15, 0.2) is 0 Å². The molecule has 0 saturated carbocycles. The Kier molecular flexibility index (Phi) is 5.19. The Hall–Kier alpha value is -3.57. The van der Waals surface area contributed by atoms with Gasteiger partial charge in [-0.25, -0.2) is 28.1 Å². The number of aryl methyl sites for hydroxylation is 1. The van der Waals surface area contributed by atoms with Gasteiger partial charge in [-0.1, -0.05) is 0 Å². The van der Waals surface area contributed by atoms with Crippen LogP contribution < -0.4 is 4.90 Å². The number of rotatable bonds is 5. The second kappa shape index (κ2) is 8.17. The highest BCUT2D eigenvalue weighted by Gasteiger charge is 2.29. The summed E-state index contributed by atoms with van der Waals surface area (Å²) >= 11 is 0. The topological polar surface area (TPSA) is 102 Å². The van der Waals surface area contributed by atoms with Crippen LogP contribution in [0.4, 0.5) is 5.82 Å². The molecule has 1 fully saturated rings. The number of aromatic nitrogens is 6. The molecule has 0 N–H and O–H groups in total. The van der Waals surface area contributed by atoms with Crippen molar-refractivity contribution < 1.29 is 8.42 Å². The van der Waals surface area contributed by atoms with Crippen LogP contribution in [0.25, 0.3) is 11.5 Å². The predicted molar refractivity (Wildman–Crippen MR) is 118 cm³/mol. The van der Waals surface area contributed by atoms with Crippen LogP contribution in [0, 0.1) is 6.92 Å². The molecule has 4 aromatic rings. The van der Waals surface area contributed by atoms with Crippen LogP contribution in [0.15, 0.2) is 72.4 Å². The van der Waals surface area contributed by atoms with E-state index in [2.05, 4.69) is 25.0 Å². The van der Waals surface area contributed by atoms with E-state index in [0.717, 1.165) is 23.1 Å². The predicted octanol–water partition coefficient (Wildman–Crippen LogP) is 1.67. The lowest BCUT2D eigenvalue weighted by molar-refractivity contribution is 0.383. The third kappa shape index (κ3) is 3.76. The molecule has 10 nitrogen and oxygen atoms in total. The van der Waals surface area contributed by atoms with Crippen LogP contribution in [0.5, 0.6) is 0 Å². The monoisotopic (exact) mass is 450 g/mol. The first-order valence-corrected chi connectivity index (χ1v) is 11.6. The van der Waals surface area contributed by atoms with Crippen molar-refractivity contribution in [2.24, 2.45) is 0 Å². The molecule has 0 amide bonds. The summed E-state index contributed by atoms with van der Waals surface area (Å²) in [5, 5.41) is 4.17. The van der Waals surface area contributed by atoms with Crippen molar-refractivity contribution in [2.45, 2.75) is 11.8 Å². The van der Waals surface area contributed by atoms with E-state index in [0.29, 0.717) is 26.2 Å². The van der Waals surface area contributed by atoms with Crippen molar-refractivity contribution in [3.05, 3.63) is 73.3 Å². The molecular formula is C21H22N8O2S. The van der Waals surface area contributed by atoms with E-state index in [1.807, 2.05) is 36.0 Å². The molecule has 0 spiro atoms. The van der Waals surface area contributed by atoms with Crippen molar-refractivity contribution in [1.82, 2.24) is 33.6 Å². The number of piperazine rings is 1. The number of hydrogen-bond acceptors (Lipinski definition) is 7. The fourth-order valence-corrected chi connectivity index (χ4v) is 5.18. The van der Waals surface area contributed by atoms with E-state index in [1.54, 1.807) is 41.3 Å². The van der Waals surface area contributed by atoms with Gasteiger partial charge in [0.2, 0.25) is 10.0 Å². The van der Waals surface area contributed by atoms with Crippen molar-refractivity contribution in [3.8, 4) is 11.5 Å². The van der Waals surface area contributed by atoms with Crippen molar-refractivity contribution in [3.63, 3.8) is 0 Å². The zero-order chi connectivity index (χ0) is 22.1. The first kappa shape index (κ1) is 20.3. The van der Waals surface area contributed by atoms with E-state index in [9.17, 15) is 8.42 Å². The molecule has 11 heteroatoms. The van der Waals surface area contributed by atoms with Gasteiger partial charge in [-0.3, -0.25) is 4.57 Å². The van der Waals surface area contributed by atoms with Gasteiger partial charge in [0.05, 0.1) is 10.6 Å². The average molecular weight is 451 g/mol. The van der Waals surface area contributed by atoms with Gasteiger partial charge in [0.25, 0.3) is 0 Å². The average Bonchev–Trinajstić information content (AvgIpc) is 3.51. The van der Waals surface area contributed by atoms with Gasteiger partial charge in [-0.05, 0) is 37.3 Å². The largest absolute Gasteiger partial charge is 0.354 e. The molecule has 32 heavy (non-hydrogen) atoms. The molecular weight excluding hydrogens is 428 g/mol. The van der Waals surface area contributed by atoms with E-state index >= 15 is 0 Å². The Morgan fingerprint density at radius 1 is 0.875 bits per heavy atom. The van der Waals surface area contributed by atoms with Crippen LogP contribution in [-0.2, 0) is 10.0 Å². The lowest BCUT2D eigenvalue weighted by Crippen LogP contribution is -2.48. The van der Waals surface area contributed by atoms with Crippen LogP contribution in [0.2, 0.25) is 0 Å². The van der Waals surface area contributed by atoms with Gasteiger partial charge >= 0.3 is 0 Å². The Balaban J connectivity index is 1.29. The summed E-state index contributed by atoms with van der Waals surface area (Å²) in [5.74, 6) is 2.34. The SMILES string of the molecule is Cc1nccn1-c1cc(N2CCN(S(=O)(=O)c3ccc(-n4cccn4)cc3)CC2)ncn1. The summed E-state index contributed by atoms with van der Waals surface area (Å²) in [6.45, 7) is 3.76. The van der Waals surface area contributed by atoms with Gasteiger partial charge in [-0.15, -0.1) is 0 Å². The van der Waals surface area contributed by atoms with Gasteiger partial charge in [0.1, 0.15) is 23.8 Å². The molecule has 0 unspecified atom stereocenters. The van der Waals surface area contributed by atoms with Crippen molar-refractivity contribution >= 4 is 15.8 Å². The molecule has 0 aliphatic carbocycles. The van der Waals surface area contributed by atoms with E-state index in [1.165, 1.54) is 10.6 Å². The van der Waals surface area contributed by atoms with E-state index < -0.39 is 10.0 Å². The molecule has 0 radical (unpaired) electrons. The molecule has 5 rings (SSSR count). The zero-order valence-electron chi connectivity index (χ0n) is 17.5. The van der Waals surface area contributed by atoms with Crippen molar-refractivity contribution in [2.75, 3.05) is 31.1 Å². The Bertz CT molecular complexity index is 1310. The number of anilines is 1. The third-order valence-corrected chi connectivity index (χ3v) is 7.43. The maximum atomic E-state index is 13.1. The van der Waals surface area contributed by atoms with Gasteiger partial charge < -0.3 is 4.90 Å². The van der Waals surface area contributed by atoms with Crippen LogP contribution >= 0.6 is 0 Å².